The summed E-state index contributed by atoms with van der Waals surface area (Å²) in [5.74, 6) is 0.853. The molecule has 2 aromatic rings. The number of carbonyl (C=O) groups excluding carboxylic acids is 1. The Morgan fingerprint density at radius 3 is 2.33 bits per heavy atom. The third-order valence-corrected chi connectivity index (χ3v) is 4.38. The van der Waals surface area contributed by atoms with Crippen LogP contribution in [-0.2, 0) is 6.42 Å². The number of para-hydroxylation sites is 1. The average Bonchev–Trinajstić information content (AvgIpc) is 2.64. The van der Waals surface area contributed by atoms with Crippen molar-refractivity contribution in [2.24, 2.45) is 0 Å². The summed E-state index contributed by atoms with van der Waals surface area (Å²) in [5.41, 5.74) is 1.89. The fourth-order valence-electron chi connectivity index (χ4n) is 2.77. The molecule has 0 aromatic heterocycles. The first-order valence-corrected chi connectivity index (χ1v) is 8.87. The molecule has 0 spiro atoms. The molecule has 0 saturated heterocycles. The van der Waals surface area contributed by atoms with E-state index in [1.165, 1.54) is 10.5 Å². The number of rotatable bonds is 10. The van der Waals surface area contributed by atoms with Gasteiger partial charge in [-0.25, -0.2) is 0 Å². The lowest BCUT2D eigenvalue weighted by Crippen LogP contribution is -3.12. The maximum absolute atomic E-state index is 12.6. The number of Topliss-reactive ketones (excluding diaryl/α,β-unsaturated/α-hetero) is 1. The number of carbonyl (C=O) groups is 1. The summed E-state index contributed by atoms with van der Waals surface area (Å²) in [7, 11) is 0. The van der Waals surface area contributed by atoms with Gasteiger partial charge in [0.15, 0.2) is 5.78 Å². The number of ketones is 1. The molecule has 0 bridgehead atoms. The molecule has 0 unspecified atom stereocenters. The Morgan fingerprint density at radius 1 is 0.958 bits per heavy atom. The fraction of sp³-hybridized carbons (Fsp3) is 0.381. The summed E-state index contributed by atoms with van der Waals surface area (Å²) in [6.07, 6.45) is 1.27. The molecule has 0 fully saturated rings. The van der Waals surface area contributed by atoms with Gasteiger partial charge in [-0.15, -0.1) is 0 Å². The SMILES string of the molecule is CC[NH+](CC)CCOc1ccccc1C(=O)CCc1ccccc1. The summed E-state index contributed by atoms with van der Waals surface area (Å²) in [6.45, 7) is 8.15. The maximum atomic E-state index is 12.6. The molecule has 3 nitrogen and oxygen atoms in total. The lowest BCUT2D eigenvalue weighted by molar-refractivity contribution is -0.896. The second-order valence-corrected chi connectivity index (χ2v) is 5.96. The number of benzene rings is 2. The first kappa shape index (κ1) is 18.2. The van der Waals surface area contributed by atoms with Crippen LogP contribution in [-0.4, -0.2) is 32.0 Å². The van der Waals surface area contributed by atoms with Gasteiger partial charge in [0.05, 0.1) is 18.7 Å². The monoisotopic (exact) mass is 326 g/mol. The van der Waals surface area contributed by atoms with Crippen LogP contribution in [0.1, 0.15) is 36.2 Å². The van der Waals surface area contributed by atoms with Crippen LogP contribution in [0.3, 0.4) is 0 Å². The molecule has 0 aliphatic rings. The summed E-state index contributed by atoms with van der Waals surface area (Å²) < 4.78 is 5.90. The van der Waals surface area contributed by atoms with Crippen LogP contribution in [0.25, 0.3) is 0 Å². The third-order valence-electron chi connectivity index (χ3n) is 4.38. The lowest BCUT2D eigenvalue weighted by Gasteiger charge is -2.16. The molecule has 0 amide bonds. The van der Waals surface area contributed by atoms with Gasteiger partial charge in [0, 0.05) is 6.42 Å². The normalized spacial score (nSPS) is 10.8. The average molecular weight is 326 g/mol. The van der Waals surface area contributed by atoms with E-state index < -0.39 is 0 Å². The minimum absolute atomic E-state index is 0.143. The Morgan fingerprint density at radius 2 is 1.62 bits per heavy atom. The lowest BCUT2D eigenvalue weighted by atomic mass is 10.0. The summed E-state index contributed by atoms with van der Waals surface area (Å²) in [6, 6.07) is 17.7. The number of aryl methyl sites for hydroxylation is 1. The van der Waals surface area contributed by atoms with E-state index in [0.717, 1.165) is 26.1 Å². The predicted octanol–water partition coefficient (Wildman–Crippen LogP) is 2.81. The van der Waals surface area contributed by atoms with Crippen molar-refractivity contribution in [1.29, 1.82) is 0 Å². The topological polar surface area (TPSA) is 30.7 Å². The van der Waals surface area contributed by atoms with E-state index in [1.54, 1.807) is 0 Å². The van der Waals surface area contributed by atoms with E-state index in [1.807, 2.05) is 42.5 Å². The van der Waals surface area contributed by atoms with Gasteiger partial charge in [0.1, 0.15) is 18.9 Å². The number of hydrogen-bond acceptors (Lipinski definition) is 2. The molecule has 24 heavy (non-hydrogen) atoms. The molecular formula is C21H28NO2+. The minimum Gasteiger partial charge on any atom is -0.487 e. The van der Waals surface area contributed by atoms with E-state index >= 15 is 0 Å². The van der Waals surface area contributed by atoms with Gasteiger partial charge in [-0.3, -0.25) is 4.79 Å². The van der Waals surface area contributed by atoms with Crippen molar-refractivity contribution in [2.75, 3.05) is 26.2 Å². The molecule has 2 rings (SSSR count). The molecule has 3 heteroatoms. The zero-order chi connectivity index (χ0) is 17.2. The fourth-order valence-corrected chi connectivity index (χ4v) is 2.77. The van der Waals surface area contributed by atoms with Crippen LogP contribution in [0.4, 0.5) is 0 Å². The molecule has 0 atom stereocenters. The van der Waals surface area contributed by atoms with Gasteiger partial charge in [-0.05, 0) is 38.0 Å². The summed E-state index contributed by atoms with van der Waals surface area (Å²) in [5, 5.41) is 0. The number of ether oxygens (including phenoxy) is 1. The first-order chi connectivity index (χ1) is 11.7. The predicted molar refractivity (Wildman–Crippen MR) is 97.9 cm³/mol. The summed E-state index contributed by atoms with van der Waals surface area (Å²) in [4.78, 5) is 14.1. The van der Waals surface area contributed by atoms with E-state index in [4.69, 9.17) is 4.74 Å². The van der Waals surface area contributed by atoms with Gasteiger partial charge >= 0.3 is 0 Å². The van der Waals surface area contributed by atoms with Crippen LogP contribution in [0.2, 0.25) is 0 Å². The van der Waals surface area contributed by atoms with Crippen LogP contribution < -0.4 is 9.64 Å². The van der Waals surface area contributed by atoms with Crippen LogP contribution >= 0.6 is 0 Å². The van der Waals surface area contributed by atoms with Crippen molar-refractivity contribution in [3.63, 3.8) is 0 Å². The smallest absolute Gasteiger partial charge is 0.166 e. The highest BCUT2D eigenvalue weighted by atomic mass is 16.5. The minimum atomic E-state index is 0.143. The van der Waals surface area contributed by atoms with Crippen molar-refractivity contribution in [3.8, 4) is 5.75 Å². The highest BCUT2D eigenvalue weighted by Crippen LogP contribution is 2.20. The second-order valence-electron chi connectivity index (χ2n) is 5.96. The molecule has 0 aliphatic heterocycles. The molecule has 2 aromatic carbocycles. The Bertz CT molecular complexity index is 621. The number of nitrogens with one attached hydrogen (secondary N) is 1. The van der Waals surface area contributed by atoms with E-state index in [9.17, 15) is 4.79 Å². The van der Waals surface area contributed by atoms with E-state index in [0.29, 0.717) is 24.3 Å². The molecule has 0 aliphatic carbocycles. The molecule has 0 radical (unpaired) electrons. The van der Waals surface area contributed by atoms with Gasteiger partial charge in [-0.1, -0.05) is 42.5 Å². The first-order valence-electron chi connectivity index (χ1n) is 8.87. The Labute approximate surface area is 145 Å². The molecule has 1 N–H and O–H groups in total. The number of likely N-dealkylation sites (N-methyl/N-ethyl adjacent to an activating group) is 1. The van der Waals surface area contributed by atoms with Gasteiger partial charge < -0.3 is 9.64 Å². The number of quaternary nitrogens is 1. The second kappa shape index (κ2) is 9.89. The van der Waals surface area contributed by atoms with Gasteiger partial charge in [0.2, 0.25) is 0 Å². The highest BCUT2D eigenvalue weighted by molar-refractivity contribution is 5.98. The van der Waals surface area contributed by atoms with Crippen molar-refractivity contribution in [2.45, 2.75) is 26.7 Å². The standard InChI is InChI=1S/C21H27NO2/c1-3-22(4-2)16-17-24-21-13-9-8-12-19(21)20(23)15-14-18-10-6-5-7-11-18/h5-13H,3-4,14-17H2,1-2H3/p+1. The van der Waals surface area contributed by atoms with Gasteiger partial charge in [-0.2, -0.15) is 0 Å². The molecular weight excluding hydrogens is 298 g/mol. The quantitative estimate of drug-likeness (QED) is 0.681. The number of hydrogen-bond donors (Lipinski definition) is 1. The van der Waals surface area contributed by atoms with Gasteiger partial charge in [0.25, 0.3) is 0 Å². The zero-order valence-electron chi connectivity index (χ0n) is 14.8. The summed E-state index contributed by atoms with van der Waals surface area (Å²) >= 11 is 0. The molecule has 0 heterocycles. The maximum Gasteiger partial charge on any atom is 0.166 e. The molecule has 0 saturated carbocycles. The van der Waals surface area contributed by atoms with Crippen molar-refractivity contribution >= 4 is 5.78 Å². The third kappa shape index (κ3) is 5.50. The van der Waals surface area contributed by atoms with E-state index in [2.05, 4.69) is 26.0 Å². The Hall–Kier alpha value is -2.13. The van der Waals surface area contributed by atoms with E-state index in [-0.39, 0.29) is 5.78 Å². The molecule has 128 valence electrons. The van der Waals surface area contributed by atoms with Crippen LogP contribution in [0.15, 0.2) is 54.6 Å². The Kier molecular flexibility index (Phi) is 7.50. The van der Waals surface area contributed by atoms with Crippen LogP contribution in [0, 0.1) is 0 Å². The highest BCUT2D eigenvalue weighted by Gasteiger charge is 2.13. The van der Waals surface area contributed by atoms with Crippen molar-refractivity contribution < 1.29 is 14.4 Å². The van der Waals surface area contributed by atoms with Crippen molar-refractivity contribution in [3.05, 3.63) is 65.7 Å². The van der Waals surface area contributed by atoms with Crippen molar-refractivity contribution in [1.82, 2.24) is 0 Å². The van der Waals surface area contributed by atoms with Crippen LogP contribution in [0.5, 0.6) is 5.75 Å². The Balaban J connectivity index is 1.93. The zero-order valence-corrected chi connectivity index (χ0v) is 14.8. The largest absolute Gasteiger partial charge is 0.487 e.